The van der Waals surface area contributed by atoms with E-state index in [1.807, 2.05) is 0 Å². The van der Waals surface area contributed by atoms with Crippen LogP contribution in [0.2, 0.25) is 0 Å². The van der Waals surface area contributed by atoms with Crippen molar-refractivity contribution in [2.75, 3.05) is 26.2 Å². The highest BCUT2D eigenvalue weighted by molar-refractivity contribution is 6.00. The number of carbonyl (C=O) groups excluding carboxylic acids is 2. The second kappa shape index (κ2) is 14.7. The van der Waals surface area contributed by atoms with Crippen LogP contribution in [0.4, 0.5) is 0 Å². The molecule has 6 fully saturated rings. The fourth-order valence-electron chi connectivity index (χ4n) is 18.8. The zero-order valence-corrected chi connectivity index (χ0v) is 38.1. The van der Waals surface area contributed by atoms with E-state index >= 15 is 4.79 Å². The van der Waals surface area contributed by atoms with E-state index in [0.29, 0.717) is 84.6 Å². The minimum atomic E-state index is -1.09. The maximum atomic E-state index is 16.0. The number of esters is 2. The lowest BCUT2D eigenvalue weighted by Crippen LogP contribution is -2.77. The van der Waals surface area contributed by atoms with Gasteiger partial charge in [-0.15, -0.1) is 0 Å². The van der Waals surface area contributed by atoms with Crippen LogP contribution in [0.1, 0.15) is 170 Å². The molecule has 0 aromatic heterocycles. The Labute approximate surface area is 375 Å². The topological polar surface area (TPSA) is 105 Å². The van der Waals surface area contributed by atoms with E-state index in [2.05, 4.69) is 34.9 Å². The first-order valence-corrected chi connectivity index (χ1v) is 26.4. The number of rotatable bonds is 8. The zero-order valence-electron chi connectivity index (χ0n) is 38.1. The molecule has 1 aromatic carbocycles. The van der Waals surface area contributed by atoms with Gasteiger partial charge in [-0.2, -0.15) is 0 Å². The Hall–Kier alpha value is -3.10. The molecule has 338 valence electrons. The first kappa shape index (κ1) is 40.2. The summed E-state index contributed by atoms with van der Waals surface area (Å²) in [6, 6.07) is 7.14. The number of carbonyl (C=O) groups is 2. The summed E-state index contributed by atoms with van der Waals surface area (Å²) in [7, 11) is 0. The second-order valence-electron chi connectivity index (χ2n) is 23.5. The van der Waals surface area contributed by atoms with Crippen molar-refractivity contribution >= 4 is 11.9 Å². The van der Waals surface area contributed by atoms with Gasteiger partial charge in [0, 0.05) is 61.2 Å². The first-order chi connectivity index (χ1) is 30.8. The Morgan fingerprint density at radius 2 is 1.73 bits per heavy atom. The van der Waals surface area contributed by atoms with Gasteiger partial charge in [0.25, 0.3) is 0 Å². The lowest BCUT2D eigenvalue weighted by atomic mass is 9.28. The van der Waals surface area contributed by atoms with Crippen LogP contribution in [0.3, 0.4) is 0 Å². The van der Waals surface area contributed by atoms with Crippen molar-refractivity contribution in [2.24, 2.45) is 63.9 Å². The highest BCUT2D eigenvalue weighted by atomic mass is 16.6. The lowest BCUT2D eigenvalue weighted by Gasteiger charge is -2.72. The Bertz CT molecular complexity index is 2200. The van der Waals surface area contributed by atoms with E-state index in [0.717, 1.165) is 75.7 Å². The van der Waals surface area contributed by atoms with Crippen molar-refractivity contribution in [3.63, 3.8) is 0 Å². The zero-order chi connectivity index (χ0) is 42.4. The van der Waals surface area contributed by atoms with Gasteiger partial charge in [0.05, 0.1) is 11.0 Å². The van der Waals surface area contributed by atoms with E-state index in [4.69, 9.17) is 15.2 Å². The molecule has 12 atom stereocenters. The summed E-state index contributed by atoms with van der Waals surface area (Å²) in [4.78, 5) is 36.7. The van der Waals surface area contributed by atoms with Crippen LogP contribution in [0.25, 0.3) is 0 Å². The molecule has 63 heavy (non-hydrogen) atoms. The summed E-state index contributed by atoms with van der Waals surface area (Å²) in [6.45, 7) is 6.42. The number of hydrogen-bond donors (Lipinski definition) is 2. The van der Waals surface area contributed by atoms with Gasteiger partial charge in [-0.3, -0.25) is 9.69 Å². The number of nitrogens with two attached hydrogens (primary N) is 1. The van der Waals surface area contributed by atoms with Gasteiger partial charge in [-0.05, 0) is 131 Å². The number of aryl methyl sites for hydroxylation is 1. The van der Waals surface area contributed by atoms with Gasteiger partial charge in [-0.1, -0.05) is 99.6 Å². The quantitative estimate of drug-likeness (QED) is 0.197. The molecule has 15 aliphatic rings. The van der Waals surface area contributed by atoms with E-state index in [9.17, 15) is 9.90 Å². The highest BCUT2D eigenvalue weighted by Gasteiger charge is 2.93. The van der Waals surface area contributed by atoms with E-state index in [1.165, 1.54) is 89.0 Å². The fraction of sp³-hybridized carbons (Fsp3) is 0.745. The van der Waals surface area contributed by atoms with Crippen molar-refractivity contribution in [1.29, 1.82) is 0 Å². The molecule has 16 rings (SSSR count). The molecule has 12 bridgehead atoms. The minimum absolute atomic E-state index is 0.155. The van der Waals surface area contributed by atoms with Gasteiger partial charge < -0.3 is 25.2 Å². The Morgan fingerprint density at radius 1 is 0.905 bits per heavy atom. The van der Waals surface area contributed by atoms with Gasteiger partial charge in [-0.25, -0.2) is 4.79 Å². The van der Waals surface area contributed by atoms with E-state index < -0.39 is 16.4 Å². The summed E-state index contributed by atoms with van der Waals surface area (Å²) in [6.07, 6.45) is 24.9. The summed E-state index contributed by atoms with van der Waals surface area (Å²) < 4.78 is 14.3. The van der Waals surface area contributed by atoms with Gasteiger partial charge >= 0.3 is 11.9 Å². The third-order valence-electron chi connectivity index (χ3n) is 20.9. The molecule has 9 aliphatic heterocycles. The van der Waals surface area contributed by atoms with E-state index in [-0.39, 0.29) is 29.7 Å². The number of benzene rings is 1. The maximum Gasteiger partial charge on any atom is 0.339 e. The fourth-order valence-corrected chi connectivity index (χ4v) is 18.8. The predicted octanol–water partition coefficient (Wildman–Crippen LogP) is 10.4. The molecular formula is C55H73N3O5. The molecule has 8 nitrogen and oxygen atoms in total. The van der Waals surface area contributed by atoms with Gasteiger partial charge in [0.1, 0.15) is 11.2 Å². The average molecular weight is 856 g/mol. The number of ether oxygens (including phenoxy) is 2. The number of hydrogen-bond acceptors (Lipinski definition) is 8. The average Bonchev–Trinajstić information content (AvgIpc) is 3.99. The molecule has 0 amide bonds. The molecule has 3 saturated heterocycles. The van der Waals surface area contributed by atoms with Crippen LogP contribution in [0.5, 0.6) is 0 Å². The van der Waals surface area contributed by atoms with Crippen molar-refractivity contribution in [2.45, 2.75) is 172 Å². The minimum Gasteiger partial charge on any atom is -0.509 e. The Balaban J connectivity index is 1.06. The summed E-state index contributed by atoms with van der Waals surface area (Å²) in [5.41, 5.74) is 12.0. The maximum absolute atomic E-state index is 16.0. The number of nitrogens with zero attached hydrogens (tertiary/aromatic N) is 2. The largest absolute Gasteiger partial charge is 0.509 e. The molecule has 2 spiro atoms. The van der Waals surface area contributed by atoms with Crippen LogP contribution in [-0.4, -0.2) is 65.1 Å². The van der Waals surface area contributed by atoms with Crippen molar-refractivity contribution in [1.82, 2.24) is 9.80 Å². The van der Waals surface area contributed by atoms with Gasteiger partial charge in [0.15, 0.2) is 11.4 Å². The molecule has 12 unspecified atom stereocenters. The van der Waals surface area contributed by atoms with Crippen LogP contribution in [0.15, 0.2) is 52.1 Å². The first-order valence-electron chi connectivity index (χ1n) is 26.4. The van der Waals surface area contributed by atoms with E-state index in [1.54, 1.807) is 16.8 Å². The third-order valence-corrected chi connectivity index (χ3v) is 20.9. The molecular weight excluding hydrogens is 783 g/mol. The Morgan fingerprint density at radius 3 is 2.57 bits per heavy atom. The molecule has 9 heterocycles. The molecule has 0 radical (unpaired) electrons. The molecule has 6 aliphatic carbocycles. The van der Waals surface area contributed by atoms with Crippen LogP contribution >= 0.6 is 0 Å². The Kier molecular flexibility index (Phi) is 9.38. The summed E-state index contributed by atoms with van der Waals surface area (Å²) >= 11 is 0. The van der Waals surface area contributed by atoms with Crippen LogP contribution in [0, 0.1) is 58.2 Å². The molecule has 1 aromatic rings. The van der Waals surface area contributed by atoms with Crippen LogP contribution in [-0.2, 0) is 26.3 Å². The molecule has 3 N–H and O–H groups in total. The number of aliphatic hydroxyl groups is 1. The second-order valence-corrected chi connectivity index (χ2v) is 23.5. The third kappa shape index (κ3) is 5.29. The molecule has 8 heteroatoms. The normalized spacial score (nSPS) is 42.5. The number of aliphatic hydroxyl groups excluding tert-OH is 1. The number of allylic oxidation sites excluding steroid dienone is 2. The van der Waals surface area contributed by atoms with Crippen molar-refractivity contribution in [3.05, 3.63) is 68.8 Å². The lowest BCUT2D eigenvalue weighted by molar-refractivity contribution is -0.279. The number of piperidine rings is 2. The van der Waals surface area contributed by atoms with Crippen LogP contribution < -0.4 is 5.73 Å². The number of fused-ring (bicyclic) bond motifs is 2. The smallest absolute Gasteiger partial charge is 0.339 e. The molecule has 3 saturated carbocycles. The SMILES string of the molecule is CC1CC2=C3C4C5=C(CCC14)C14C(=O)OC(=C(O)CC(CC6CCCCC6)N6CC7CC(C6)C(CC2)N3C7)C1(CC5)C1(OC(=O)c2c(CCCN)cccc21)C4CCC1CCCC1. The van der Waals surface area contributed by atoms with Gasteiger partial charge in [0.2, 0.25) is 0 Å². The van der Waals surface area contributed by atoms with Crippen molar-refractivity contribution in [3.8, 4) is 0 Å². The summed E-state index contributed by atoms with van der Waals surface area (Å²) in [5.74, 6) is 4.14. The monoisotopic (exact) mass is 856 g/mol. The summed E-state index contributed by atoms with van der Waals surface area (Å²) in [5, 5.41) is 13.3. The standard InChI is InChI=1S/C55H73N3O5/c1-32-25-37-17-20-44-38-26-35-29-57(31-38)39(27-34-11-3-2-4-12-34)28-45(59)50-53-23-22-41-42(19-18-40(32)48(41)49(37)58(44)30-35)54(53,52(61)62-50)46(21-16-33-9-5-6-10-33)55(53)43-15-7-13-36(14-8-24-56)47(43)51(60)63-55/h7,13,15,32-35,38-40,44,46,48,59H,2-6,8-12,14,16-31,56H2,1H3. The predicted molar refractivity (Wildman–Crippen MR) is 242 cm³/mol. The highest BCUT2D eigenvalue weighted by Crippen LogP contribution is 2.87. The van der Waals surface area contributed by atoms with Crippen molar-refractivity contribution < 1.29 is 24.2 Å².